The zero-order valence-electron chi connectivity index (χ0n) is 11.0. The Hall–Kier alpha value is -1.72. The van der Waals surface area contributed by atoms with E-state index >= 15 is 0 Å². The highest BCUT2D eigenvalue weighted by atomic mass is 35.5. The molecule has 0 amide bonds. The van der Waals surface area contributed by atoms with E-state index in [1.807, 2.05) is 0 Å². The Labute approximate surface area is 125 Å². The molecule has 0 heterocycles. The molecular weight excluding hydrogens is 303 g/mol. The standard InChI is InChI=1S/C15H13ClF3NO/c16-13-4-5-14(11(7-13)8-20)21-9-10-2-1-3-12(6-10)15(17,18)19/h1-7H,8-9,20H2. The van der Waals surface area contributed by atoms with Crippen molar-refractivity contribution >= 4 is 11.6 Å². The highest BCUT2D eigenvalue weighted by Crippen LogP contribution is 2.30. The Balaban J connectivity index is 2.13. The van der Waals surface area contributed by atoms with Gasteiger partial charge in [0.2, 0.25) is 0 Å². The summed E-state index contributed by atoms with van der Waals surface area (Å²) in [7, 11) is 0. The number of rotatable bonds is 4. The monoisotopic (exact) mass is 315 g/mol. The average molecular weight is 316 g/mol. The predicted octanol–water partition coefficient (Wildman–Crippen LogP) is 4.40. The molecule has 2 N–H and O–H groups in total. The molecule has 21 heavy (non-hydrogen) atoms. The molecule has 0 saturated carbocycles. The topological polar surface area (TPSA) is 35.2 Å². The molecule has 0 unspecified atom stereocenters. The van der Waals surface area contributed by atoms with Gasteiger partial charge in [0.25, 0.3) is 0 Å². The molecule has 0 spiro atoms. The van der Waals surface area contributed by atoms with Crippen LogP contribution in [0, 0.1) is 0 Å². The molecule has 0 aliphatic heterocycles. The lowest BCUT2D eigenvalue weighted by Crippen LogP contribution is -2.07. The van der Waals surface area contributed by atoms with Gasteiger partial charge < -0.3 is 10.5 Å². The molecule has 6 heteroatoms. The van der Waals surface area contributed by atoms with Crippen molar-refractivity contribution in [2.45, 2.75) is 19.3 Å². The fourth-order valence-electron chi connectivity index (χ4n) is 1.85. The summed E-state index contributed by atoms with van der Waals surface area (Å²) >= 11 is 5.85. The van der Waals surface area contributed by atoms with Crippen molar-refractivity contribution in [2.75, 3.05) is 0 Å². The van der Waals surface area contributed by atoms with Crippen LogP contribution in [0.4, 0.5) is 13.2 Å². The molecule has 2 rings (SSSR count). The molecule has 2 aromatic carbocycles. The summed E-state index contributed by atoms with van der Waals surface area (Å²) in [6.07, 6.45) is -4.36. The second kappa shape index (κ2) is 6.37. The molecule has 0 aliphatic rings. The van der Waals surface area contributed by atoms with Gasteiger partial charge in [0.15, 0.2) is 0 Å². The number of benzene rings is 2. The van der Waals surface area contributed by atoms with E-state index in [9.17, 15) is 13.2 Å². The Kier molecular flexibility index (Phi) is 4.75. The quantitative estimate of drug-likeness (QED) is 0.907. The second-order valence-electron chi connectivity index (χ2n) is 4.44. The molecule has 112 valence electrons. The lowest BCUT2D eigenvalue weighted by Gasteiger charge is -2.12. The Morgan fingerprint density at radius 1 is 1.10 bits per heavy atom. The van der Waals surface area contributed by atoms with Crippen molar-refractivity contribution in [1.82, 2.24) is 0 Å². The molecule has 0 radical (unpaired) electrons. The fraction of sp³-hybridized carbons (Fsp3) is 0.200. The minimum atomic E-state index is -4.36. The molecule has 0 aliphatic carbocycles. The average Bonchev–Trinajstić information content (AvgIpc) is 2.45. The number of halogens is 4. The van der Waals surface area contributed by atoms with E-state index < -0.39 is 11.7 Å². The third-order valence-electron chi connectivity index (χ3n) is 2.89. The van der Waals surface area contributed by atoms with Crippen LogP contribution in [0.5, 0.6) is 5.75 Å². The second-order valence-corrected chi connectivity index (χ2v) is 4.88. The molecule has 0 atom stereocenters. The van der Waals surface area contributed by atoms with Crippen LogP contribution in [0.2, 0.25) is 5.02 Å². The largest absolute Gasteiger partial charge is 0.489 e. The minimum Gasteiger partial charge on any atom is -0.489 e. The number of hydrogen-bond acceptors (Lipinski definition) is 2. The van der Waals surface area contributed by atoms with Crippen LogP contribution in [-0.2, 0) is 19.3 Å². The summed E-state index contributed by atoms with van der Waals surface area (Å²) in [5, 5.41) is 0.530. The molecule has 2 aromatic rings. The number of alkyl halides is 3. The first kappa shape index (κ1) is 15.7. The lowest BCUT2D eigenvalue weighted by atomic mass is 10.1. The van der Waals surface area contributed by atoms with Gasteiger partial charge in [-0.2, -0.15) is 13.2 Å². The number of nitrogens with two attached hydrogens (primary N) is 1. The maximum atomic E-state index is 12.6. The van der Waals surface area contributed by atoms with Gasteiger partial charge >= 0.3 is 6.18 Å². The van der Waals surface area contributed by atoms with Crippen LogP contribution < -0.4 is 10.5 Å². The van der Waals surface area contributed by atoms with Crippen LogP contribution in [0.3, 0.4) is 0 Å². The Morgan fingerprint density at radius 2 is 1.86 bits per heavy atom. The van der Waals surface area contributed by atoms with Crippen LogP contribution in [0.15, 0.2) is 42.5 Å². The van der Waals surface area contributed by atoms with Gasteiger partial charge in [-0.15, -0.1) is 0 Å². The maximum absolute atomic E-state index is 12.6. The summed E-state index contributed by atoms with van der Waals surface area (Å²) in [6, 6.07) is 9.99. The fourth-order valence-corrected chi connectivity index (χ4v) is 2.04. The maximum Gasteiger partial charge on any atom is 0.416 e. The van der Waals surface area contributed by atoms with Gasteiger partial charge in [0.05, 0.1) is 5.56 Å². The predicted molar refractivity (Wildman–Crippen MR) is 75.1 cm³/mol. The summed E-state index contributed by atoms with van der Waals surface area (Å²) in [4.78, 5) is 0. The van der Waals surface area contributed by atoms with Gasteiger partial charge in [-0.05, 0) is 35.9 Å². The zero-order chi connectivity index (χ0) is 15.5. The summed E-state index contributed by atoms with van der Waals surface area (Å²) < 4.78 is 43.4. The first-order valence-corrected chi connectivity index (χ1v) is 6.55. The van der Waals surface area contributed by atoms with E-state index in [0.29, 0.717) is 21.9 Å². The van der Waals surface area contributed by atoms with Crippen molar-refractivity contribution in [3.05, 3.63) is 64.2 Å². The third-order valence-corrected chi connectivity index (χ3v) is 3.13. The van der Waals surface area contributed by atoms with Gasteiger partial charge in [-0.1, -0.05) is 23.7 Å². The first-order valence-electron chi connectivity index (χ1n) is 6.17. The van der Waals surface area contributed by atoms with E-state index in [0.717, 1.165) is 12.1 Å². The normalized spacial score (nSPS) is 11.5. The van der Waals surface area contributed by atoms with Gasteiger partial charge in [-0.3, -0.25) is 0 Å². The lowest BCUT2D eigenvalue weighted by molar-refractivity contribution is -0.137. The molecular formula is C15H13ClF3NO. The molecule has 0 saturated heterocycles. The summed E-state index contributed by atoms with van der Waals surface area (Å²) in [6.45, 7) is 0.261. The number of hydrogen-bond donors (Lipinski definition) is 1. The van der Waals surface area contributed by atoms with E-state index in [1.54, 1.807) is 24.3 Å². The zero-order valence-corrected chi connectivity index (χ0v) is 11.7. The van der Waals surface area contributed by atoms with E-state index in [-0.39, 0.29) is 13.2 Å². The third kappa shape index (κ3) is 4.12. The minimum absolute atomic E-state index is 0.0263. The van der Waals surface area contributed by atoms with Crippen LogP contribution in [0.1, 0.15) is 16.7 Å². The van der Waals surface area contributed by atoms with Crippen LogP contribution >= 0.6 is 11.6 Å². The highest BCUT2D eigenvalue weighted by molar-refractivity contribution is 6.30. The SMILES string of the molecule is NCc1cc(Cl)ccc1OCc1cccc(C(F)(F)F)c1. The summed E-state index contributed by atoms with van der Waals surface area (Å²) in [5.41, 5.74) is 6.02. The number of ether oxygens (including phenoxy) is 1. The van der Waals surface area contributed by atoms with E-state index in [2.05, 4.69) is 0 Å². The molecule has 0 aromatic heterocycles. The Bertz CT molecular complexity index is 629. The van der Waals surface area contributed by atoms with Gasteiger partial charge in [0.1, 0.15) is 12.4 Å². The van der Waals surface area contributed by atoms with Gasteiger partial charge in [-0.25, -0.2) is 0 Å². The van der Waals surface area contributed by atoms with Crippen molar-refractivity contribution in [1.29, 1.82) is 0 Å². The summed E-state index contributed by atoms with van der Waals surface area (Å²) in [5.74, 6) is 0.513. The van der Waals surface area contributed by atoms with Crippen molar-refractivity contribution in [2.24, 2.45) is 5.73 Å². The smallest absolute Gasteiger partial charge is 0.416 e. The highest BCUT2D eigenvalue weighted by Gasteiger charge is 2.30. The Morgan fingerprint density at radius 3 is 2.52 bits per heavy atom. The first-order chi connectivity index (χ1) is 9.90. The van der Waals surface area contributed by atoms with Crippen molar-refractivity contribution < 1.29 is 17.9 Å². The van der Waals surface area contributed by atoms with Crippen LogP contribution in [-0.4, -0.2) is 0 Å². The molecule has 2 nitrogen and oxygen atoms in total. The van der Waals surface area contributed by atoms with Gasteiger partial charge in [0, 0.05) is 17.1 Å². The van der Waals surface area contributed by atoms with E-state index in [4.69, 9.17) is 22.1 Å². The van der Waals surface area contributed by atoms with E-state index in [1.165, 1.54) is 6.07 Å². The molecule has 0 fully saturated rings. The molecule has 0 bridgehead atoms. The van der Waals surface area contributed by atoms with Crippen LogP contribution in [0.25, 0.3) is 0 Å². The van der Waals surface area contributed by atoms with Crippen molar-refractivity contribution in [3.63, 3.8) is 0 Å². The van der Waals surface area contributed by atoms with Crippen molar-refractivity contribution in [3.8, 4) is 5.75 Å².